The first-order valence-corrected chi connectivity index (χ1v) is 17.3. The highest BCUT2D eigenvalue weighted by Crippen LogP contribution is 2.43. The molecule has 0 spiro atoms. The number of nitro benzene ring substituents is 1. The average Bonchev–Trinajstić information content (AvgIpc) is 3.53. The van der Waals surface area contributed by atoms with Gasteiger partial charge in [0.1, 0.15) is 41.2 Å². The van der Waals surface area contributed by atoms with Crippen molar-refractivity contribution in [2.45, 2.75) is 36.6 Å². The number of hydrogen-bond acceptors (Lipinski definition) is 12. The number of carbonyl (C=O) groups excluding carboxylic acids is 1. The number of ether oxygens (including phenoxy) is 6. The monoisotopic (exact) mass is 752 g/mol. The molecule has 5 aromatic rings. The van der Waals surface area contributed by atoms with Crippen molar-refractivity contribution in [2.75, 3.05) is 39.9 Å². The van der Waals surface area contributed by atoms with Crippen LogP contribution in [0.2, 0.25) is 0 Å². The number of amides is 1. The van der Waals surface area contributed by atoms with Gasteiger partial charge in [-0.15, -0.1) is 0 Å². The van der Waals surface area contributed by atoms with Crippen molar-refractivity contribution >= 4 is 17.6 Å². The van der Waals surface area contributed by atoms with Crippen LogP contribution in [0.25, 0.3) is 0 Å². The van der Waals surface area contributed by atoms with Crippen molar-refractivity contribution in [3.8, 4) is 11.5 Å². The van der Waals surface area contributed by atoms with E-state index in [1.165, 1.54) is 36.1 Å². The highest BCUT2D eigenvalue weighted by molar-refractivity contribution is 5.83. The summed E-state index contributed by atoms with van der Waals surface area (Å²) in [6, 6.07) is 32.0. The lowest BCUT2D eigenvalue weighted by Gasteiger charge is -2.37. The van der Waals surface area contributed by atoms with Crippen LogP contribution in [0.1, 0.15) is 28.5 Å². The Labute approximate surface area is 316 Å². The summed E-state index contributed by atoms with van der Waals surface area (Å²) in [7, 11) is 4.58. The quantitative estimate of drug-likeness (QED) is 0.0807. The van der Waals surface area contributed by atoms with E-state index in [2.05, 4.69) is 10.3 Å². The minimum atomic E-state index is -1.22. The SMILES string of the molecule is COc1ccc(C(OC[C@H]2O[C@@H](n3ccc(NC(=O)OCCc4ccc([N+](=O)[O-])cc4)nc3=O)[C@H](OC)[C@@H]2O)(c2ccccc2)c2ccc(OC)cc2)cc1. The lowest BCUT2D eigenvalue weighted by Crippen LogP contribution is -2.40. The van der Waals surface area contributed by atoms with Crippen LogP contribution in [-0.4, -0.2) is 78.5 Å². The number of methoxy groups -OCH3 is 3. The zero-order chi connectivity index (χ0) is 39.0. The zero-order valence-corrected chi connectivity index (χ0v) is 30.3. The summed E-state index contributed by atoms with van der Waals surface area (Å²) >= 11 is 0. The highest BCUT2D eigenvalue weighted by atomic mass is 16.6. The summed E-state index contributed by atoms with van der Waals surface area (Å²) in [5, 5.41) is 24.8. The third-order valence-electron chi connectivity index (χ3n) is 9.33. The summed E-state index contributed by atoms with van der Waals surface area (Å²) in [6.45, 7) is -0.145. The van der Waals surface area contributed by atoms with Gasteiger partial charge in [-0.1, -0.05) is 66.7 Å². The van der Waals surface area contributed by atoms with Crippen LogP contribution >= 0.6 is 0 Å². The molecular formula is C40H40N4O11. The molecular weight excluding hydrogens is 712 g/mol. The number of nitrogens with zero attached hydrogens (tertiary/aromatic N) is 3. The fourth-order valence-corrected chi connectivity index (χ4v) is 6.48. The molecule has 286 valence electrons. The Bertz CT molecular complexity index is 2060. The number of nitrogens with one attached hydrogen (secondary N) is 1. The molecule has 55 heavy (non-hydrogen) atoms. The summed E-state index contributed by atoms with van der Waals surface area (Å²) in [6.07, 6.45) is -3.40. The number of aliphatic hydroxyl groups excluding tert-OH is 1. The van der Waals surface area contributed by atoms with Crippen molar-refractivity contribution in [3.05, 3.63) is 158 Å². The number of aromatic nitrogens is 2. The molecule has 1 aliphatic rings. The van der Waals surface area contributed by atoms with E-state index < -0.39 is 46.8 Å². The maximum atomic E-state index is 13.3. The normalized spacial score (nSPS) is 18.0. The number of hydrogen-bond donors (Lipinski definition) is 2. The topological polar surface area (TPSA) is 183 Å². The van der Waals surface area contributed by atoms with Gasteiger partial charge in [-0.2, -0.15) is 4.98 Å². The standard InChI is InChI=1S/C40H40N4O11/c1-50-31-17-11-28(12-18-31)40(27-7-5-4-6-8-27,29-13-19-32(51-2)20-14-29)54-25-33-35(45)36(52-3)37(55-33)43-23-21-34(41-38(43)46)42-39(47)53-24-22-26-9-15-30(16-10-26)44(48)49/h4-21,23,33,35-37,45H,22,24-25H2,1-3H3,(H,41,42,46,47)/t33-,35-,36-,37-/m1/s1. The Balaban J connectivity index is 1.19. The first-order chi connectivity index (χ1) is 26.7. The smallest absolute Gasteiger partial charge is 0.412 e. The van der Waals surface area contributed by atoms with E-state index in [1.807, 2.05) is 78.9 Å². The van der Waals surface area contributed by atoms with Gasteiger partial charge in [0.15, 0.2) is 6.23 Å². The number of anilines is 1. The van der Waals surface area contributed by atoms with E-state index in [1.54, 1.807) is 26.4 Å². The van der Waals surface area contributed by atoms with Crippen LogP contribution in [0, 0.1) is 10.1 Å². The molecule has 2 heterocycles. The van der Waals surface area contributed by atoms with E-state index in [-0.39, 0.29) is 24.7 Å². The van der Waals surface area contributed by atoms with Gasteiger partial charge in [0.2, 0.25) is 0 Å². The molecule has 4 atom stereocenters. The predicted molar refractivity (Wildman–Crippen MR) is 199 cm³/mol. The van der Waals surface area contributed by atoms with Gasteiger partial charge in [0, 0.05) is 31.9 Å². The number of aliphatic hydroxyl groups is 1. The molecule has 15 heteroatoms. The molecule has 1 aromatic heterocycles. The third-order valence-corrected chi connectivity index (χ3v) is 9.33. The molecule has 1 amide bonds. The Kier molecular flexibility index (Phi) is 12.2. The first kappa shape index (κ1) is 38.6. The average molecular weight is 753 g/mol. The number of benzene rings is 4. The summed E-state index contributed by atoms with van der Waals surface area (Å²) < 4.78 is 36.1. The van der Waals surface area contributed by atoms with Crippen molar-refractivity contribution in [1.82, 2.24) is 9.55 Å². The fourth-order valence-electron chi connectivity index (χ4n) is 6.48. The number of carbonyl (C=O) groups is 1. The van der Waals surface area contributed by atoms with Crippen LogP contribution in [-0.2, 0) is 31.0 Å². The van der Waals surface area contributed by atoms with Crippen molar-refractivity contribution in [2.24, 2.45) is 0 Å². The molecule has 2 N–H and O–H groups in total. The third kappa shape index (κ3) is 8.50. The maximum Gasteiger partial charge on any atom is 0.412 e. The largest absolute Gasteiger partial charge is 0.497 e. The predicted octanol–water partition coefficient (Wildman–Crippen LogP) is 5.24. The van der Waals surface area contributed by atoms with Gasteiger partial charge >= 0.3 is 11.8 Å². The van der Waals surface area contributed by atoms with E-state index in [0.29, 0.717) is 17.9 Å². The number of nitro groups is 1. The number of non-ortho nitro benzene ring substituents is 1. The second-order valence-electron chi connectivity index (χ2n) is 12.5. The fraction of sp³-hybridized carbons (Fsp3) is 0.275. The Morgan fingerprint density at radius 2 is 1.49 bits per heavy atom. The van der Waals surface area contributed by atoms with E-state index >= 15 is 0 Å². The van der Waals surface area contributed by atoms with Gasteiger partial charge in [-0.3, -0.25) is 20.0 Å². The Hall–Kier alpha value is -6.13. The molecule has 0 saturated carbocycles. The molecule has 1 fully saturated rings. The molecule has 4 aromatic carbocycles. The Morgan fingerprint density at radius 3 is 2.04 bits per heavy atom. The number of rotatable bonds is 15. The lowest BCUT2D eigenvalue weighted by atomic mass is 9.80. The molecule has 0 unspecified atom stereocenters. The van der Waals surface area contributed by atoms with Gasteiger partial charge in [-0.05, 0) is 52.6 Å². The lowest BCUT2D eigenvalue weighted by molar-refractivity contribution is -0.384. The summed E-state index contributed by atoms with van der Waals surface area (Å²) in [4.78, 5) is 40.0. The van der Waals surface area contributed by atoms with E-state index in [9.17, 15) is 24.8 Å². The van der Waals surface area contributed by atoms with Crippen molar-refractivity contribution in [1.29, 1.82) is 0 Å². The molecule has 1 saturated heterocycles. The van der Waals surface area contributed by atoms with Crippen LogP contribution in [0.5, 0.6) is 11.5 Å². The van der Waals surface area contributed by atoms with Gasteiger partial charge in [0.05, 0.1) is 32.4 Å². The molecule has 0 bridgehead atoms. The van der Waals surface area contributed by atoms with Crippen LogP contribution in [0.3, 0.4) is 0 Å². The zero-order valence-electron chi connectivity index (χ0n) is 30.3. The minimum absolute atomic E-state index is 0.0179. The van der Waals surface area contributed by atoms with Gasteiger partial charge in [0.25, 0.3) is 5.69 Å². The molecule has 0 radical (unpaired) electrons. The molecule has 1 aliphatic heterocycles. The minimum Gasteiger partial charge on any atom is -0.497 e. The van der Waals surface area contributed by atoms with Crippen LogP contribution in [0.4, 0.5) is 16.3 Å². The van der Waals surface area contributed by atoms with Gasteiger partial charge in [-0.25, -0.2) is 9.59 Å². The second kappa shape index (κ2) is 17.3. The Morgan fingerprint density at radius 1 is 0.891 bits per heavy atom. The van der Waals surface area contributed by atoms with E-state index in [0.717, 1.165) is 22.3 Å². The molecule has 6 rings (SSSR count). The van der Waals surface area contributed by atoms with Gasteiger partial charge < -0.3 is 33.5 Å². The molecule has 15 nitrogen and oxygen atoms in total. The summed E-state index contributed by atoms with van der Waals surface area (Å²) in [5.74, 6) is 1.26. The maximum absolute atomic E-state index is 13.3. The second-order valence-corrected chi connectivity index (χ2v) is 12.5. The van der Waals surface area contributed by atoms with E-state index in [4.69, 9.17) is 28.4 Å². The van der Waals surface area contributed by atoms with Crippen molar-refractivity contribution in [3.63, 3.8) is 0 Å². The summed E-state index contributed by atoms with van der Waals surface area (Å²) in [5.41, 5.74) is 1.11. The molecule has 0 aliphatic carbocycles. The van der Waals surface area contributed by atoms with Crippen LogP contribution < -0.4 is 20.5 Å². The van der Waals surface area contributed by atoms with Crippen LogP contribution in [0.15, 0.2) is 120 Å². The first-order valence-electron chi connectivity index (χ1n) is 17.3. The van der Waals surface area contributed by atoms with Crippen molar-refractivity contribution < 1.29 is 43.2 Å². The highest BCUT2D eigenvalue weighted by Gasteiger charge is 2.47.